The lowest BCUT2D eigenvalue weighted by Crippen LogP contribution is -2.52. The summed E-state index contributed by atoms with van der Waals surface area (Å²) in [7, 11) is 0. The summed E-state index contributed by atoms with van der Waals surface area (Å²) in [5, 5.41) is 0.901. The Morgan fingerprint density at radius 2 is 1.56 bits per heavy atom. The molecule has 0 aliphatic carbocycles. The lowest BCUT2D eigenvalue weighted by molar-refractivity contribution is -0.137. The number of hydrogen-bond acceptors (Lipinski definition) is 2. The first-order chi connectivity index (χ1) is 12.0. The molecule has 1 aromatic rings. The van der Waals surface area contributed by atoms with Crippen LogP contribution in [-0.4, -0.2) is 47.8 Å². The van der Waals surface area contributed by atoms with Crippen LogP contribution >= 0.6 is 23.2 Å². The van der Waals surface area contributed by atoms with Crippen LogP contribution in [0.2, 0.25) is 10.0 Å². The van der Waals surface area contributed by atoms with Crippen molar-refractivity contribution >= 4 is 35.0 Å². The second kappa shape index (κ2) is 9.44. The Kier molecular flexibility index (Phi) is 7.57. The van der Waals surface area contributed by atoms with Gasteiger partial charge in [-0.1, -0.05) is 49.9 Å². The van der Waals surface area contributed by atoms with E-state index in [9.17, 15) is 9.59 Å². The van der Waals surface area contributed by atoms with Crippen molar-refractivity contribution in [1.29, 1.82) is 0 Å². The molecule has 138 valence electrons. The maximum atomic E-state index is 12.7. The lowest BCUT2D eigenvalue weighted by atomic mass is 9.97. The Hall–Kier alpha value is -1.26. The highest BCUT2D eigenvalue weighted by Crippen LogP contribution is 2.21. The number of benzene rings is 1. The van der Waals surface area contributed by atoms with Crippen molar-refractivity contribution in [2.45, 2.75) is 39.5 Å². The fourth-order valence-corrected chi connectivity index (χ4v) is 3.73. The number of hydrogen-bond donors (Lipinski definition) is 0. The van der Waals surface area contributed by atoms with Crippen LogP contribution < -0.4 is 0 Å². The maximum absolute atomic E-state index is 12.7. The number of amides is 2. The van der Waals surface area contributed by atoms with Crippen molar-refractivity contribution < 1.29 is 9.59 Å². The third-order valence-electron chi connectivity index (χ3n) is 4.74. The Labute approximate surface area is 160 Å². The monoisotopic (exact) mass is 384 g/mol. The topological polar surface area (TPSA) is 40.6 Å². The molecule has 1 aromatic carbocycles. The van der Waals surface area contributed by atoms with Crippen molar-refractivity contribution in [3.8, 4) is 0 Å². The molecule has 1 fully saturated rings. The number of halogens is 2. The summed E-state index contributed by atoms with van der Waals surface area (Å²) in [6, 6.07) is 4.87. The molecule has 1 aliphatic rings. The molecule has 0 radical (unpaired) electrons. The SMILES string of the molecule is CCCCC(CC)C(=O)N1CCN(C(=O)c2cc(Cl)cc(Cl)c2)CC1. The Bertz CT molecular complexity index is 593. The minimum atomic E-state index is -0.0884. The lowest BCUT2D eigenvalue weighted by Gasteiger charge is -2.36. The van der Waals surface area contributed by atoms with Crippen molar-refractivity contribution in [2.75, 3.05) is 26.2 Å². The van der Waals surface area contributed by atoms with E-state index in [2.05, 4.69) is 13.8 Å². The minimum Gasteiger partial charge on any atom is -0.339 e. The van der Waals surface area contributed by atoms with Gasteiger partial charge in [0.05, 0.1) is 0 Å². The van der Waals surface area contributed by atoms with Gasteiger partial charge in [-0.25, -0.2) is 0 Å². The quantitative estimate of drug-likeness (QED) is 0.724. The normalized spacial score (nSPS) is 16.0. The van der Waals surface area contributed by atoms with E-state index >= 15 is 0 Å². The van der Waals surface area contributed by atoms with Gasteiger partial charge in [0.1, 0.15) is 0 Å². The number of rotatable bonds is 6. The van der Waals surface area contributed by atoms with Crippen LogP contribution in [0, 0.1) is 5.92 Å². The molecule has 1 unspecified atom stereocenters. The highest BCUT2D eigenvalue weighted by molar-refractivity contribution is 6.35. The van der Waals surface area contributed by atoms with Gasteiger partial charge in [-0.3, -0.25) is 9.59 Å². The average molecular weight is 385 g/mol. The summed E-state index contributed by atoms with van der Waals surface area (Å²) in [4.78, 5) is 28.9. The highest BCUT2D eigenvalue weighted by atomic mass is 35.5. The molecule has 6 heteroatoms. The molecule has 2 rings (SSSR count). The van der Waals surface area contributed by atoms with Gasteiger partial charge in [0.2, 0.25) is 5.91 Å². The van der Waals surface area contributed by atoms with Gasteiger partial charge in [0.15, 0.2) is 0 Å². The van der Waals surface area contributed by atoms with Crippen LogP contribution in [0.4, 0.5) is 0 Å². The van der Waals surface area contributed by atoms with Crippen LogP contribution in [0.15, 0.2) is 18.2 Å². The molecule has 1 heterocycles. The van der Waals surface area contributed by atoms with E-state index in [-0.39, 0.29) is 17.7 Å². The Morgan fingerprint density at radius 3 is 2.08 bits per heavy atom. The molecule has 0 spiro atoms. The number of unbranched alkanes of at least 4 members (excludes halogenated alkanes) is 1. The number of carbonyl (C=O) groups excluding carboxylic acids is 2. The summed E-state index contributed by atoms with van der Waals surface area (Å²) in [6.45, 7) is 6.46. The second-order valence-electron chi connectivity index (χ2n) is 6.52. The first-order valence-electron chi connectivity index (χ1n) is 9.00. The van der Waals surface area contributed by atoms with E-state index in [0.717, 1.165) is 25.7 Å². The molecule has 0 aromatic heterocycles. The van der Waals surface area contributed by atoms with Crippen LogP contribution in [0.5, 0.6) is 0 Å². The van der Waals surface area contributed by atoms with Gasteiger partial charge < -0.3 is 9.80 Å². The van der Waals surface area contributed by atoms with Crippen molar-refractivity contribution in [2.24, 2.45) is 5.92 Å². The van der Waals surface area contributed by atoms with Crippen LogP contribution in [0.1, 0.15) is 49.9 Å². The molecule has 25 heavy (non-hydrogen) atoms. The number of carbonyl (C=O) groups is 2. The fourth-order valence-electron chi connectivity index (χ4n) is 3.20. The first kappa shape index (κ1) is 20.1. The minimum absolute atomic E-state index is 0.0884. The third-order valence-corrected chi connectivity index (χ3v) is 5.17. The summed E-state index contributed by atoms with van der Waals surface area (Å²) in [5.74, 6) is 0.248. The predicted molar refractivity (Wildman–Crippen MR) is 102 cm³/mol. The third kappa shape index (κ3) is 5.35. The van der Waals surface area contributed by atoms with Gasteiger partial charge in [-0.2, -0.15) is 0 Å². The van der Waals surface area contributed by atoms with Crippen LogP contribution in [0.3, 0.4) is 0 Å². The maximum Gasteiger partial charge on any atom is 0.254 e. The number of piperazine rings is 1. The molecule has 1 aliphatic heterocycles. The smallest absolute Gasteiger partial charge is 0.254 e. The standard InChI is InChI=1S/C19H26Cl2N2O2/c1-3-5-6-14(4-2)18(24)22-7-9-23(10-8-22)19(25)15-11-16(20)13-17(21)12-15/h11-14H,3-10H2,1-2H3. The zero-order valence-corrected chi connectivity index (χ0v) is 16.4. The molecule has 0 bridgehead atoms. The average Bonchev–Trinajstić information content (AvgIpc) is 2.61. The van der Waals surface area contributed by atoms with E-state index in [1.807, 2.05) is 4.90 Å². The number of nitrogens with zero attached hydrogens (tertiary/aromatic N) is 2. The Balaban J connectivity index is 1.94. The van der Waals surface area contributed by atoms with Crippen molar-refractivity contribution in [3.05, 3.63) is 33.8 Å². The van der Waals surface area contributed by atoms with E-state index in [4.69, 9.17) is 23.2 Å². The zero-order chi connectivity index (χ0) is 18.4. The molecule has 0 saturated carbocycles. The zero-order valence-electron chi connectivity index (χ0n) is 14.9. The first-order valence-corrected chi connectivity index (χ1v) is 9.76. The van der Waals surface area contributed by atoms with Gasteiger partial charge in [0, 0.05) is 47.7 Å². The molecular formula is C19H26Cl2N2O2. The fraction of sp³-hybridized carbons (Fsp3) is 0.579. The summed E-state index contributed by atoms with van der Waals surface area (Å²) in [5.41, 5.74) is 0.492. The van der Waals surface area contributed by atoms with Crippen LogP contribution in [0.25, 0.3) is 0 Å². The van der Waals surface area contributed by atoms with Crippen molar-refractivity contribution in [1.82, 2.24) is 9.80 Å². The molecule has 2 amide bonds. The van der Waals surface area contributed by atoms with Crippen molar-refractivity contribution in [3.63, 3.8) is 0 Å². The summed E-state index contributed by atoms with van der Waals surface area (Å²) in [6.07, 6.45) is 4.01. The largest absolute Gasteiger partial charge is 0.339 e. The van der Waals surface area contributed by atoms with E-state index < -0.39 is 0 Å². The molecule has 4 nitrogen and oxygen atoms in total. The molecule has 0 N–H and O–H groups in total. The highest BCUT2D eigenvalue weighted by Gasteiger charge is 2.28. The molecule has 1 atom stereocenters. The van der Waals surface area contributed by atoms with Gasteiger partial charge in [-0.15, -0.1) is 0 Å². The molecule has 1 saturated heterocycles. The van der Waals surface area contributed by atoms with E-state index in [1.165, 1.54) is 0 Å². The van der Waals surface area contributed by atoms with Gasteiger partial charge in [-0.05, 0) is 31.0 Å². The summed E-state index contributed by atoms with van der Waals surface area (Å²) < 4.78 is 0. The second-order valence-corrected chi connectivity index (χ2v) is 7.40. The Morgan fingerprint density at radius 1 is 1.00 bits per heavy atom. The van der Waals surface area contributed by atoms with Crippen LogP contribution in [-0.2, 0) is 4.79 Å². The van der Waals surface area contributed by atoms with Gasteiger partial charge in [0.25, 0.3) is 5.91 Å². The summed E-state index contributed by atoms with van der Waals surface area (Å²) >= 11 is 12.0. The molecular weight excluding hydrogens is 359 g/mol. The van der Waals surface area contributed by atoms with Gasteiger partial charge >= 0.3 is 0 Å². The van der Waals surface area contributed by atoms with E-state index in [0.29, 0.717) is 41.8 Å². The predicted octanol–water partition coefficient (Wildman–Crippen LogP) is 4.49. The van der Waals surface area contributed by atoms with E-state index in [1.54, 1.807) is 23.1 Å².